The van der Waals surface area contributed by atoms with Gasteiger partial charge in [0.15, 0.2) is 54.1 Å². The van der Waals surface area contributed by atoms with Crippen molar-refractivity contribution < 1.29 is 125 Å². The summed E-state index contributed by atoms with van der Waals surface area (Å²) >= 11 is 0. The van der Waals surface area contributed by atoms with Gasteiger partial charge in [0.05, 0.1) is 50.2 Å². The average molecular weight is 2010 g/mol. The molecule has 0 spiro atoms. The van der Waals surface area contributed by atoms with Gasteiger partial charge in [-0.25, -0.2) is 4.79 Å². The molecule has 4 aromatic carbocycles. The van der Waals surface area contributed by atoms with Gasteiger partial charge in [0.1, 0.15) is 57.4 Å². The number of fused-ring (bicyclic) bond motifs is 6. The van der Waals surface area contributed by atoms with Crippen LogP contribution in [0.25, 0.3) is 22.3 Å². The molecule has 806 valence electrons. The van der Waals surface area contributed by atoms with Crippen LogP contribution >= 0.6 is 0 Å². The van der Waals surface area contributed by atoms with Crippen molar-refractivity contribution in [1.29, 1.82) is 0 Å². The quantitative estimate of drug-likeness (QED) is 0.0177. The van der Waals surface area contributed by atoms with Crippen molar-refractivity contribution in [1.82, 2.24) is 16.0 Å². The number of carbonyl (C=O) groups is 11. The Kier molecular flexibility index (Phi) is 58.4. The second-order valence-corrected chi connectivity index (χ2v) is 39.2. The van der Waals surface area contributed by atoms with E-state index in [9.17, 15) is 68.1 Å². The Morgan fingerprint density at radius 2 is 0.804 bits per heavy atom. The molecule has 6 aliphatic rings. The van der Waals surface area contributed by atoms with Gasteiger partial charge in [0, 0.05) is 105 Å². The molecule has 10 rings (SSSR count). The maximum atomic E-state index is 13.2. The van der Waals surface area contributed by atoms with Crippen LogP contribution in [0, 0.1) is 82.9 Å². The minimum Gasteiger partial charge on any atom is -0.465 e. The molecular formula is C114H179N3O26. The lowest BCUT2D eigenvalue weighted by Crippen LogP contribution is -2.55. The first-order valence-electron chi connectivity index (χ1n) is 53.1. The van der Waals surface area contributed by atoms with Gasteiger partial charge in [-0.05, 0) is 138 Å². The third-order valence-corrected chi connectivity index (χ3v) is 29.1. The van der Waals surface area contributed by atoms with Crippen LogP contribution in [0.2, 0.25) is 0 Å². The van der Waals surface area contributed by atoms with Crippen molar-refractivity contribution in [2.75, 3.05) is 59.3 Å². The molecule has 29 heteroatoms. The maximum absolute atomic E-state index is 13.2. The summed E-state index contributed by atoms with van der Waals surface area (Å²) in [6.07, 6.45) is -0.176. The molecule has 0 aromatic heterocycles. The van der Waals surface area contributed by atoms with Crippen LogP contribution in [-0.4, -0.2) is 219 Å². The van der Waals surface area contributed by atoms with Crippen molar-refractivity contribution in [2.45, 2.75) is 369 Å². The number of esters is 3. The van der Waals surface area contributed by atoms with Crippen molar-refractivity contribution in [3.05, 3.63) is 119 Å². The molecule has 29 nitrogen and oxygen atoms in total. The maximum Gasteiger partial charge on any atom is 0.407 e. The molecule has 0 radical (unpaired) electrons. The van der Waals surface area contributed by atoms with Gasteiger partial charge in [0.2, 0.25) is 11.8 Å². The fourth-order valence-corrected chi connectivity index (χ4v) is 18.3. The van der Waals surface area contributed by atoms with Crippen molar-refractivity contribution in [3.63, 3.8) is 0 Å². The number of rotatable bonds is 44. The van der Waals surface area contributed by atoms with Gasteiger partial charge in [-0.15, -0.1) is 0 Å². The molecule has 4 heterocycles. The number of amides is 3. The zero-order valence-corrected chi connectivity index (χ0v) is 91.3. The molecule has 2 aliphatic carbocycles. The molecule has 4 aliphatic heterocycles. The van der Waals surface area contributed by atoms with E-state index in [0.717, 1.165) is 41.5 Å². The molecule has 13 unspecified atom stereocenters. The normalized spacial score (nSPS) is 25.8. The number of aliphatic hydroxyl groups excluding tert-OH is 3. The van der Waals surface area contributed by atoms with E-state index >= 15 is 0 Å². The Morgan fingerprint density at radius 3 is 1.20 bits per heavy atom. The minimum absolute atomic E-state index is 0.00115. The van der Waals surface area contributed by atoms with Crippen LogP contribution in [0.5, 0.6) is 0 Å². The van der Waals surface area contributed by atoms with Gasteiger partial charge in [-0.2, -0.15) is 0 Å². The van der Waals surface area contributed by atoms with E-state index in [0.29, 0.717) is 94.4 Å². The van der Waals surface area contributed by atoms with Crippen LogP contribution in [0.4, 0.5) is 4.79 Å². The van der Waals surface area contributed by atoms with E-state index in [1.54, 1.807) is 27.7 Å². The molecule has 3 amide bonds. The second kappa shape index (κ2) is 65.9. The zero-order valence-electron chi connectivity index (χ0n) is 91.3. The summed E-state index contributed by atoms with van der Waals surface area (Å²) in [5.41, 5.74) is 9.56. The summed E-state index contributed by atoms with van der Waals surface area (Å²) in [5.74, 6) is -0.965. The number of Topliss-reactive ketones (excluding diaryl/α,β-unsaturated/α-hetero) is 5. The number of hydrogen-bond acceptors (Lipinski definition) is 26. The summed E-state index contributed by atoms with van der Waals surface area (Å²) in [4.78, 5) is 134. The first-order valence-corrected chi connectivity index (χ1v) is 53.1. The SMILES string of the molecule is CC.CCC.CCC(=O)OCC1c2ccccc2-c2ccccc21.CCC(C)C(=O)NCC(=O)CC(CC)C(=O)C(CC)O[C@H]1OC(CC)[C@H](C)[C@H](C)C1C.CCC(C)C(=O)NCC(=O)CC(CC)C(=O)CO[C@H]1OC(CO)[C@H](O)[C@H](O)C1C.CCCC(=O)[C@@H](NC(=O)OCC1c2ccccc2-c2ccccc21)[C@@H](C)O[C@H]1OC(COC(C)=O)[C@H](C)[C@H](C)C1C.CCCO[C@H]1OC(COC(C)=O)[C@H](C)[C@H](C)C1C. The number of aliphatic hydroxyl groups is 3. The topological polar surface area (TPSA) is 395 Å². The number of carbonyl (C=O) groups excluding carboxylic acids is 11. The number of ether oxygens (including phenoxy) is 12. The second-order valence-electron chi connectivity index (χ2n) is 39.2. The fraction of sp³-hybridized carbons (Fsp3) is 0.693. The third kappa shape index (κ3) is 38.3. The fourth-order valence-electron chi connectivity index (χ4n) is 18.3. The summed E-state index contributed by atoms with van der Waals surface area (Å²) < 4.78 is 68.9. The Labute approximate surface area is 854 Å². The van der Waals surface area contributed by atoms with Gasteiger partial charge < -0.3 is 88.1 Å². The first-order chi connectivity index (χ1) is 68.1. The van der Waals surface area contributed by atoms with Crippen LogP contribution in [0.15, 0.2) is 97.1 Å². The highest BCUT2D eigenvalue weighted by molar-refractivity contribution is 5.94. The van der Waals surface area contributed by atoms with Crippen LogP contribution in [0.1, 0.15) is 311 Å². The zero-order chi connectivity index (χ0) is 107. The van der Waals surface area contributed by atoms with Gasteiger partial charge >= 0.3 is 24.0 Å². The molecule has 0 bridgehead atoms. The van der Waals surface area contributed by atoms with Crippen molar-refractivity contribution >= 4 is 64.7 Å². The lowest BCUT2D eigenvalue weighted by Gasteiger charge is -2.44. The van der Waals surface area contributed by atoms with E-state index in [-0.39, 0.29) is 176 Å². The monoisotopic (exact) mass is 2010 g/mol. The molecule has 4 fully saturated rings. The van der Waals surface area contributed by atoms with Crippen LogP contribution in [0.3, 0.4) is 0 Å². The van der Waals surface area contributed by atoms with E-state index in [2.05, 4.69) is 160 Å². The lowest BCUT2D eigenvalue weighted by atomic mass is 9.78. The molecule has 27 atom stereocenters. The molecule has 6 N–H and O–H groups in total. The summed E-state index contributed by atoms with van der Waals surface area (Å²) in [5, 5.41) is 37.2. The highest BCUT2D eigenvalue weighted by Crippen LogP contribution is 2.47. The minimum atomic E-state index is -1.24. The Bertz CT molecular complexity index is 4410. The number of nitrogens with one attached hydrogen (secondary N) is 3. The van der Waals surface area contributed by atoms with E-state index in [1.807, 2.05) is 106 Å². The van der Waals surface area contributed by atoms with Crippen LogP contribution < -0.4 is 16.0 Å². The van der Waals surface area contributed by atoms with E-state index < -0.39 is 85.9 Å². The Balaban J connectivity index is 0.000000379. The summed E-state index contributed by atoms with van der Waals surface area (Å²) in [6.45, 7) is 55.5. The van der Waals surface area contributed by atoms with Gasteiger partial charge in [0.25, 0.3) is 0 Å². The lowest BCUT2D eigenvalue weighted by molar-refractivity contribution is -0.280. The van der Waals surface area contributed by atoms with Gasteiger partial charge in [-0.3, -0.25) is 47.9 Å². The number of ketones is 5. The predicted molar refractivity (Wildman–Crippen MR) is 553 cm³/mol. The highest BCUT2D eigenvalue weighted by Gasteiger charge is 2.47. The largest absolute Gasteiger partial charge is 0.465 e. The summed E-state index contributed by atoms with van der Waals surface area (Å²) in [6, 6.07) is 32.1. The molecule has 4 saturated heterocycles. The standard InChI is InChI=1S/C33H43NO7.C25H45NO5.C20H35NO8.C17H16O2.C14H26O4.C3H8.C2H6/c1-7-12-29(36)31(22(5)40-32-21(4)19(2)20(3)30(41-32)18-38-23(6)35)34-33(37)39-17-28-26-15-10-8-13-24(26)25-14-9-11-16-27(25)28;1-9-15(5)24(29)26-14-20(27)13-19(10-2)23(28)22(12-4)31-25-18(8)16(6)17(7)21(11-3)30-25;1-5-11(3)19(27)21-8-14(23)7-13(6-2)15(24)10-28-20-12(4)17(25)18(26)16(9-22)29-20;1-2-17(18)19-11-16-14-9-5-3-7-12(14)13-8-4-6-10-15(13)16;1-6-7-16-14-11(4)9(2)10(3)13(18-14)8-17-12(5)15;1-3-2;1-2/h8-11,13-16,19-22,28,30-32H,7,12,17-18H2,1-6H3,(H,34,37);15-19,21-22,25H,9-14H2,1-8H3,(H,26,29);11-13,16-18,20,22,25-26H,5-10H2,1-4H3,(H,21,27);3-10,16H,2,11H2,1H3;9-11,13-14H,6-8H2,1-5H3;3H2,1-2H3;1-2H3/t19-,20+,21?,22+,30?,31-,32-;15?,16-,17+,18?,19?,21?,22?,25+;11?,12?,13?,16?,17-,18+,20+;;9-,10+,11?,13?,14-;;/m001.0../s1. The van der Waals surface area contributed by atoms with Crippen LogP contribution in [-0.2, 0) is 105 Å². The molecular weight excluding hydrogens is 1830 g/mol. The average Bonchev–Trinajstić information content (AvgIpc) is 1.62. The van der Waals surface area contributed by atoms with Crippen molar-refractivity contribution in [2.24, 2.45) is 82.9 Å². The van der Waals surface area contributed by atoms with Gasteiger partial charge in [-0.1, -0.05) is 277 Å². The number of hydrogen-bond donors (Lipinski definition) is 6. The molecule has 4 aromatic rings. The predicted octanol–water partition coefficient (Wildman–Crippen LogP) is 19.0. The third-order valence-electron chi connectivity index (χ3n) is 29.1. The first kappa shape index (κ1) is 127. The molecule has 143 heavy (non-hydrogen) atoms. The number of alkyl carbamates (subject to hydrolysis) is 1. The smallest absolute Gasteiger partial charge is 0.407 e. The summed E-state index contributed by atoms with van der Waals surface area (Å²) in [7, 11) is 0. The van der Waals surface area contributed by atoms with Crippen molar-refractivity contribution in [3.8, 4) is 22.3 Å². The highest BCUT2D eigenvalue weighted by atomic mass is 16.7. The number of benzene rings is 4. The molecule has 0 saturated carbocycles. The van der Waals surface area contributed by atoms with E-state index in [4.69, 9.17) is 56.8 Å². The Hall–Kier alpha value is -8.59. The van der Waals surface area contributed by atoms with E-state index in [1.165, 1.54) is 42.5 Å². The Morgan fingerprint density at radius 1 is 0.413 bits per heavy atom.